The summed E-state index contributed by atoms with van der Waals surface area (Å²) < 4.78 is 5.37. The minimum absolute atomic E-state index is 0.107. The number of carbonyl (C=O) groups excluding carboxylic acids is 2. The van der Waals surface area contributed by atoms with Crippen molar-refractivity contribution in [3.05, 3.63) is 52.7 Å². The standard InChI is InChI=1S/C29H39N7O3/c1-17-9-8-10-19(13-17)34-26-24-20(16-32-27(24)37)23(18(14-30)15-33-28(38)39-29(2,3)4)25(36-26)35-22-12-7-6-11-21(22)31-5/h8-10,13-15,21-22,30-31H,6-7,11-12,16H2,1-5H3,(H,32,37)(H,33,38)(H2,34,35,36)/b18-15+,30-14?. The molecule has 2 unspecified atom stereocenters. The highest BCUT2D eigenvalue weighted by Gasteiger charge is 2.32. The Kier molecular flexibility index (Phi) is 8.54. The molecule has 2 aromatic rings. The Labute approximate surface area is 229 Å². The van der Waals surface area contributed by atoms with Crippen LogP contribution in [0, 0.1) is 12.3 Å². The zero-order chi connectivity index (χ0) is 28.2. The number of ether oxygens (including phenoxy) is 1. The topological polar surface area (TPSA) is 140 Å². The van der Waals surface area contributed by atoms with Crippen molar-refractivity contribution < 1.29 is 14.3 Å². The Morgan fingerprint density at radius 2 is 1.92 bits per heavy atom. The minimum Gasteiger partial charge on any atom is -0.444 e. The molecule has 0 saturated heterocycles. The number of aromatic nitrogens is 1. The van der Waals surface area contributed by atoms with Gasteiger partial charge >= 0.3 is 6.09 Å². The van der Waals surface area contributed by atoms with Crippen LogP contribution < -0.4 is 26.6 Å². The first kappa shape index (κ1) is 28.1. The number of nitrogens with one attached hydrogen (secondary N) is 6. The smallest absolute Gasteiger partial charge is 0.411 e. The molecule has 2 heterocycles. The molecule has 39 heavy (non-hydrogen) atoms. The van der Waals surface area contributed by atoms with Gasteiger partial charge in [0.25, 0.3) is 5.91 Å². The number of hydrogen-bond acceptors (Lipinski definition) is 8. The molecule has 1 fully saturated rings. The Bertz CT molecular complexity index is 1280. The van der Waals surface area contributed by atoms with Gasteiger partial charge in [0.2, 0.25) is 0 Å². The van der Waals surface area contributed by atoms with Gasteiger partial charge in [-0.15, -0.1) is 0 Å². The van der Waals surface area contributed by atoms with Crippen LogP contribution in [0.5, 0.6) is 0 Å². The summed E-state index contributed by atoms with van der Waals surface area (Å²) in [6.07, 6.45) is 6.22. The number of allylic oxidation sites excluding steroid dienone is 1. The first-order valence-electron chi connectivity index (χ1n) is 13.4. The third kappa shape index (κ3) is 6.75. The van der Waals surface area contributed by atoms with Gasteiger partial charge in [0, 0.05) is 47.9 Å². The van der Waals surface area contributed by atoms with Gasteiger partial charge in [0.1, 0.15) is 17.2 Å². The third-order valence-corrected chi connectivity index (χ3v) is 6.88. The summed E-state index contributed by atoms with van der Waals surface area (Å²) in [5.41, 5.74) is 3.38. The number of benzene rings is 1. The highest BCUT2D eigenvalue weighted by Crippen LogP contribution is 2.37. The fourth-order valence-electron chi connectivity index (χ4n) is 5.13. The molecule has 2 amide bonds. The molecule has 1 aliphatic heterocycles. The van der Waals surface area contributed by atoms with Crippen LogP contribution in [0.4, 0.5) is 22.1 Å². The van der Waals surface area contributed by atoms with Crippen molar-refractivity contribution in [2.75, 3.05) is 17.7 Å². The van der Waals surface area contributed by atoms with E-state index >= 15 is 0 Å². The summed E-state index contributed by atoms with van der Waals surface area (Å²) in [4.78, 5) is 30.4. The van der Waals surface area contributed by atoms with E-state index in [1.807, 2.05) is 38.2 Å². The van der Waals surface area contributed by atoms with Gasteiger partial charge in [-0.1, -0.05) is 25.0 Å². The maximum atomic E-state index is 13.0. The first-order valence-corrected chi connectivity index (χ1v) is 13.4. The molecule has 6 N–H and O–H groups in total. The number of aryl methyl sites for hydroxylation is 1. The Balaban J connectivity index is 1.82. The van der Waals surface area contributed by atoms with Gasteiger partial charge < -0.3 is 31.4 Å². The molecular formula is C29H39N7O3. The number of nitrogens with zero attached hydrogens (tertiary/aromatic N) is 1. The van der Waals surface area contributed by atoms with Crippen LogP contribution in [0.1, 0.15) is 73.5 Å². The Morgan fingerprint density at radius 3 is 2.59 bits per heavy atom. The van der Waals surface area contributed by atoms with Crippen molar-refractivity contribution in [1.82, 2.24) is 20.9 Å². The largest absolute Gasteiger partial charge is 0.444 e. The number of pyridine rings is 1. The summed E-state index contributed by atoms with van der Waals surface area (Å²) in [5.74, 6) is 0.752. The fourth-order valence-corrected chi connectivity index (χ4v) is 5.13. The predicted octanol–water partition coefficient (Wildman–Crippen LogP) is 4.83. The van der Waals surface area contributed by atoms with Crippen molar-refractivity contribution in [3.63, 3.8) is 0 Å². The fraction of sp³-hybridized carbons (Fsp3) is 0.448. The quantitative estimate of drug-likeness (QED) is 0.267. The average molecular weight is 534 g/mol. The lowest BCUT2D eigenvalue weighted by atomic mass is 9.89. The van der Waals surface area contributed by atoms with Crippen LogP contribution in [0.15, 0.2) is 30.5 Å². The molecule has 1 aliphatic carbocycles. The van der Waals surface area contributed by atoms with Crippen molar-refractivity contribution in [2.24, 2.45) is 0 Å². The number of alkyl carbamates (subject to hydrolysis) is 1. The normalized spacial score (nSPS) is 19.1. The highest BCUT2D eigenvalue weighted by atomic mass is 16.6. The molecule has 0 spiro atoms. The molecule has 0 bridgehead atoms. The number of carbonyl (C=O) groups is 2. The lowest BCUT2D eigenvalue weighted by molar-refractivity contribution is 0.0552. The zero-order valence-electron chi connectivity index (χ0n) is 23.3. The van der Waals surface area contributed by atoms with Crippen LogP contribution in [-0.4, -0.2) is 47.9 Å². The van der Waals surface area contributed by atoms with Crippen LogP contribution in [0.3, 0.4) is 0 Å². The zero-order valence-corrected chi connectivity index (χ0v) is 23.3. The van der Waals surface area contributed by atoms with E-state index in [0.717, 1.165) is 43.1 Å². The van der Waals surface area contributed by atoms with E-state index in [4.69, 9.17) is 15.1 Å². The Hall–Kier alpha value is -3.92. The summed E-state index contributed by atoms with van der Waals surface area (Å²) in [7, 11) is 1.96. The number of amides is 2. The van der Waals surface area contributed by atoms with Crippen LogP contribution >= 0.6 is 0 Å². The van der Waals surface area contributed by atoms with E-state index in [1.165, 1.54) is 6.20 Å². The lowest BCUT2D eigenvalue weighted by Gasteiger charge is -2.33. The first-order chi connectivity index (χ1) is 18.6. The molecule has 4 rings (SSSR count). The van der Waals surface area contributed by atoms with Crippen molar-refractivity contribution in [2.45, 2.75) is 77.6 Å². The Morgan fingerprint density at radius 1 is 1.18 bits per heavy atom. The number of fused-ring (bicyclic) bond motifs is 1. The van der Waals surface area contributed by atoms with Gasteiger partial charge in [0.05, 0.1) is 5.56 Å². The molecule has 1 aromatic heterocycles. The molecule has 2 atom stereocenters. The monoisotopic (exact) mass is 533 g/mol. The maximum Gasteiger partial charge on any atom is 0.411 e. The highest BCUT2D eigenvalue weighted by molar-refractivity contribution is 6.14. The predicted molar refractivity (Wildman–Crippen MR) is 155 cm³/mol. The number of hydrogen-bond donors (Lipinski definition) is 6. The SMILES string of the molecule is CNC1CCCCC1Nc1nc(Nc2cccc(C)c2)c2c(c1/C(C=N)=C/NC(=O)OC(C)(C)C)CNC2=O. The molecule has 0 radical (unpaired) electrons. The summed E-state index contributed by atoms with van der Waals surface area (Å²) in [6.45, 7) is 7.64. The van der Waals surface area contributed by atoms with Gasteiger partial charge in [-0.3, -0.25) is 10.1 Å². The lowest BCUT2D eigenvalue weighted by Crippen LogP contribution is -2.45. The number of rotatable bonds is 8. The van der Waals surface area contributed by atoms with E-state index in [9.17, 15) is 9.59 Å². The van der Waals surface area contributed by atoms with E-state index in [-0.39, 0.29) is 24.5 Å². The second-order valence-corrected chi connectivity index (χ2v) is 11.0. The van der Waals surface area contributed by atoms with Gasteiger partial charge in [-0.2, -0.15) is 0 Å². The number of anilines is 3. The van der Waals surface area contributed by atoms with Crippen LogP contribution in [-0.2, 0) is 11.3 Å². The van der Waals surface area contributed by atoms with E-state index in [1.54, 1.807) is 20.8 Å². The second kappa shape index (κ2) is 11.9. The minimum atomic E-state index is -0.666. The molecule has 208 valence electrons. The van der Waals surface area contributed by atoms with E-state index < -0.39 is 11.7 Å². The summed E-state index contributed by atoms with van der Waals surface area (Å²) in [5, 5.41) is 24.2. The van der Waals surface area contributed by atoms with Crippen LogP contribution in [0.2, 0.25) is 0 Å². The van der Waals surface area contributed by atoms with Crippen LogP contribution in [0.25, 0.3) is 5.57 Å². The maximum absolute atomic E-state index is 13.0. The summed E-state index contributed by atoms with van der Waals surface area (Å²) >= 11 is 0. The van der Waals surface area contributed by atoms with Gasteiger partial charge in [-0.05, 0) is 70.8 Å². The second-order valence-electron chi connectivity index (χ2n) is 11.0. The van der Waals surface area contributed by atoms with Crippen molar-refractivity contribution in [3.8, 4) is 0 Å². The molecule has 10 nitrogen and oxygen atoms in total. The summed E-state index contributed by atoms with van der Waals surface area (Å²) in [6, 6.07) is 8.24. The molecule has 2 aliphatic rings. The molecule has 1 aromatic carbocycles. The molecule has 1 saturated carbocycles. The van der Waals surface area contributed by atoms with Crippen molar-refractivity contribution in [1.29, 1.82) is 5.41 Å². The van der Waals surface area contributed by atoms with E-state index in [0.29, 0.717) is 33.9 Å². The number of likely N-dealkylation sites (N-methyl/N-ethyl adjacent to an activating group) is 1. The molecular weight excluding hydrogens is 494 g/mol. The van der Waals surface area contributed by atoms with Gasteiger partial charge in [0.15, 0.2) is 0 Å². The van der Waals surface area contributed by atoms with E-state index in [2.05, 4.69) is 26.6 Å². The van der Waals surface area contributed by atoms with Gasteiger partial charge in [-0.25, -0.2) is 9.78 Å². The third-order valence-electron chi connectivity index (χ3n) is 6.88. The average Bonchev–Trinajstić information content (AvgIpc) is 3.26. The molecule has 10 heteroatoms. The van der Waals surface area contributed by atoms with Crippen molar-refractivity contribution >= 4 is 41.1 Å².